The summed E-state index contributed by atoms with van der Waals surface area (Å²) in [6, 6.07) is 0. The summed E-state index contributed by atoms with van der Waals surface area (Å²) in [6.45, 7) is 3.33. The van der Waals surface area contributed by atoms with Gasteiger partial charge in [-0.05, 0) is 19.8 Å². The number of rotatable bonds is 3. The van der Waals surface area contributed by atoms with Crippen molar-refractivity contribution < 1.29 is 18.7 Å². The second kappa shape index (κ2) is 5.91. The molecule has 9 heteroatoms. The van der Waals surface area contributed by atoms with Crippen LogP contribution in [-0.4, -0.2) is 40.8 Å². The summed E-state index contributed by atoms with van der Waals surface area (Å²) < 4.78 is 31.8. The quantitative estimate of drug-likeness (QED) is 0.701. The second-order valence-corrected chi connectivity index (χ2v) is 7.21. The highest BCUT2D eigenvalue weighted by atomic mass is 19.1. The Balaban J connectivity index is 2.01. The van der Waals surface area contributed by atoms with Crippen LogP contribution in [0, 0.1) is 11.6 Å². The molecule has 2 heterocycles. The lowest BCUT2D eigenvalue weighted by Crippen LogP contribution is -2.53. The Morgan fingerprint density at radius 2 is 2.07 bits per heavy atom. The molecule has 1 spiro atoms. The third kappa shape index (κ3) is 2.56. The van der Waals surface area contributed by atoms with Gasteiger partial charge in [-0.1, -0.05) is 0 Å². The number of aryl methyl sites for hydroxylation is 1. The third-order valence-electron chi connectivity index (χ3n) is 5.53. The van der Waals surface area contributed by atoms with Crippen molar-refractivity contribution in [2.75, 3.05) is 30.3 Å². The highest BCUT2D eigenvalue weighted by Crippen LogP contribution is 2.41. The number of nitrogen functional groups attached to an aromatic ring is 1. The number of piperazine rings is 1. The Morgan fingerprint density at radius 3 is 2.67 bits per heavy atom. The van der Waals surface area contributed by atoms with E-state index in [-0.39, 0.29) is 23.3 Å². The van der Waals surface area contributed by atoms with Crippen LogP contribution in [0.25, 0.3) is 10.9 Å². The van der Waals surface area contributed by atoms with Gasteiger partial charge in [0, 0.05) is 37.9 Å². The van der Waals surface area contributed by atoms with E-state index in [4.69, 9.17) is 5.73 Å². The standard InChI is InChI=1S/C18H20F2N4O3/c1-2-23-7-9(17(26)27)16(25)10-13(21)11(19)15(12(20)14(10)23)24-6-5-22-18(8-24)3-4-18/h7,22H,2-6,8,21H2,1H3,(H,26,27). The fraction of sp³-hybridized carbons (Fsp3) is 0.444. The third-order valence-corrected chi connectivity index (χ3v) is 5.53. The van der Waals surface area contributed by atoms with Crippen LogP contribution < -0.4 is 21.4 Å². The van der Waals surface area contributed by atoms with Crippen molar-refractivity contribution in [3.63, 3.8) is 0 Å². The Bertz CT molecular complexity index is 1030. The largest absolute Gasteiger partial charge is 0.477 e. The van der Waals surface area contributed by atoms with Crippen molar-refractivity contribution in [2.45, 2.75) is 31.8 Å². The lowest BCUT2D eigenvalue weighted by molar-refractivity contribution is 0.0695. The number of pyridine rings is 1. The fourth-order valence-corrected chi connectivity index (χ4v) is 3.91. The number of carboxylic acids is 1. The summed E-state index contributed by atoms with van der Waals surface area (Å²) in [7, 11) is 0. The van der Waals surface area contributed by atoms with Crippen molar-refractivity contribution in [3.05, 3.63) is 33.6 Å². The number of aromatic carboxylic acids is 1. The summed E-state index contributed by atoms with van der Waals surface area (Å²) in [5.41, 5.74) is 3.29. The maximum atomic E-state index is 15.5. The first-order valence-electron chi connectivity index (χ1n) is 8.86. The van der Waals surface area contributed by atoms with E-state index in [1.54, 1.807) is 11.8 Å². The molecule has 0 bridgehead atoms. The monoisotopic (exact) mass is 378 g/mol. The smallest absolute Gasteiger partial charge is 0.341 e. The van der Waals surface area contributed by atoms with E-state index < -0.39 is 39.7 Å². The molecule has 2 aromatic rings. The van der Waals surface area contributed by atoms with E-state index in [1.807, 2.05) is 0 Å². The Hall–Kier alpha value is -2.68. The molecular formula is C18H20F2N4O3. The Kier molecular flexibility index (Phi) is 3.88. The van der Waals surface area contributed by atoms with Crippen LogP contribution >= 0.6 is 0 Å². The van der Waals surface area contributed by atoms with Gasteiger partial charge in [-0.3, -0.25) is 4.79 Å². The van der Waals surface area contributed by atoms with E-state index in [0.29, 0.717) is 19.6 Å². The lowest BCUT2D eigenvalue weighted by atomic mass is 10.0. The van der Waals surface area contributed by atoms with Crippen LogP contribution in [0.4, 0.5) is 20.2 Å². The number of fused-ring (bicyclic) bond motifs is 1. The van der Waals surface area contributed by atoms with Gasteiger partial charge in [0.25, 0.3) is 0 Å². The van der Waals surface area contributed by atoms with Crippen LogP contribution in [-0.2, 0) is 6.54 Å². The molecule has 1 saturated heterocycles. The highest BCUT2D eigenvalue weighted by Gasteiger charge is 2.46. The van der Waals surface area contributed by atoms with E-state index in [9.17, 15) is 14.7 Å². The summed E-state index contributed by atoms with van der Waals surface area (Å²) in [5.74, 6) is -3.36. The number of nitrogens with one attached hydrogen (secondary N) is 1. The number of hydrogen-bond donors (Lipinski definition) is 3. The molecule has 1 aromatic carbocycles. The summed E-state index contributed by atoms with van der Waals surface area (Å²) in [6.07, 6.45) is 2.96. The molecular weight excluding hydrogens is 358 g/mol. The summed E-state index contributed by atoms with van der Waals surface area (Å²) in [4.78, 5) is 25.5. The van der Waals surface area contributed by atoms with Crippen molar-refractivity contribution in [3.8, 4) is 0 Å². The number of aromatic nitrogens is 1. The number of anilines is 2. The van der Waals surface area contributed by atoms with Crippen LogP contribution in [0.5, 0.6) is 0 Å². The fourth-order valence-electron chi connectivity index (χ4n) is 3.91. The van der Waals surface area contributed by atoms with Gasteiger partial charge < -0.3 is 25.6 Å². The molecule has 7 nitrogen and oxygen atoms in total. The lowest BCUT2D eigenvalue weighted by Gasteiger charge is -2.36. The molecule has 2 aliphatic rings. The predicted molar refractivity (Wildman–Crippen MR) is 97.4 cm³/mol. The normalized spacial score (nSPS) is 18.3. The maximum Gasteiger partial charge on any atom is 0.341 e. The van der Waals surface area contributed by atoms with Gasteiger partial charge in [0.2, 0.25) is 5.43 Å². The first-order chi connectivity index (χ1) is 12.8. The molecule has 0 unspecified atom stereocenters. The molecule has 0 atom stereocenters. The molecule has 0 radical (unpaired) electrons. The highest BCUT2D eigenvalue weighted by molar-refractivity contribution is 5.99. The van der Waals surface area contributed by atoms with E-state index in [0.717, 1.165) is 19.0 Å². The zero-order valence-corrected chi connectivity index (χ0v) is 14.8. The number of nitrogens with zero attached hydrogens (tertiary/aromatic N) is 2. The van der Waals surface area contributed by atoms with Gasteiger partial charge >= 0.3 is 5.97 Å². The van der Waals surface area contributed by atoms with Crippen LogP contribution in [0.3, 0.4) is 0 Å². The minimum atomic E-state index is -1.47. The van der Waals surface area contributed by atoms with Gasteiger partial charge in [0.15, 0.2) is 11.6 Å². The zero-order valence-electron chi connectivity index (χ0n) is 14.8. The number of hydrogen-bond acceptors (Lipinski definition) is 5. The van der Waals surface area contributed by atoms with E-state index in [1.165, 1.54) is 4.57 Å². The SMILES string of the molecule is CCn1cc(C(=O)O)c(=O)c2c(N)c(F)c(N3CCNC4(CC4)C3)c(F)c21. The molecule has 0 amide bonds. The van der Waals surface area contributed by atoms with Crippen molar-refractivity contribution in [2.24, 2.45) is 0 Å². The average Bonchev–Trinajstić information content (AvgIpc) is 3.37. The molecule has 144 valence electrons. The Labute approximate surface area is 153 Å². The number of carbonyl (C=O) groups is 1. The summed E-state index contributed by atoms with van der Waals surface area (Å²) >= 11 is 0. The molecule has 4 N–H and O–H groups in total. The molecule has 4 rings (SSSR count). The number of nitrogens with two attached hydrogens (primary N) is 1. The molecule has 2 fully saturated rings. The maximum absolute atomic E-state index is 15.5. The molecule has 1 saturated carbocycles. The first-order valence-corrected chi connectivity index (χ1v) is 8.86. The molecule has 1 aliphatic carbocycles. The Morgan fingerprint density at radius 1 is 1.37 bits per heavy atom. The average molecular weight is 378 g/mol. The van der Waals surface area contributed by atoms with Gasteiger partial charge in [-0.15, -0.1) is 0 Å². The minimum Gasteiger partial charge on any atom is -0.477 e. The van der Waals surface area contributed by atoms with E-state index in [2.05, 4.69) is 5.32 Å². The van der Waals surface area contributed by atoms with Crippen molar-refractivity contribution >= 4 is 28.2 Å². The number of benzene rings is 1. The van der Waals surface area contributed by atoms with Gasteiger partial charge in [-0.25, -0.2) is 13.6 Å². The number of halogens is 2. The van der Waals surface area contributed by atoms with Gasteiger partial charge in [0.1, 0.15) is 11.3 Å². The first kappa shape index (κ1) is 17.7. The topological polar surface area (TPSA) is 101 Å². The van der Waals surface area contributed by atoms with Crippen LogP contribution in [0.15, 0.2) is 11.0 Å². The predicted octanol–water partition coefficient (Wildman–Crippen LogP) is 1.52. The van der Waals surface area contributed by atoms with E-state index >= 15 is 8.78 Å². The van der Waals surface area contributed by atoms with Gasteiger partial charge in [0.05, 0.1) is 16.6 Å². The van der Waals surface area contributed by atoms with Crippen molar-refractivity contribution in [1.82, 2.24) is 9.88 Å². The summed E-state index contributed by atoms with van der Waals surface area (Å²) in [5, 5.41) is 12.2. The molecule has 1 aromatic heterocycles. The number of carboxylic acid groups (broad SMARTS) is 1. The van der Waals surface area contributed by atoms with Crippen LogP contribution in [0.2, 0.25) is 0 Å². The van der Waals surface area contributed by atoms with Crippen LogP contribution in [0.1, 0.15) is 30.1 Å². The molecule has 27 heavy (non-hydrogen) atoms. The van der Waals surface area contributed by atoms with Crippen molar-refractivity contribution in [1.29, 1.82) is 0 Å². The second-order valence-electron chi connectivity index (χ2n) is 7.21. The zero-order chi connectivity index (χ0) is 19.5. The van der Waals surface area contributed by atoms with Gasteiger partial charge in [-0.2, -0.15) is 0 Å². The minimum absolute atomic E-state index is 0.113. The molecule has 1 aliphatic heterocycles.